The van der Waals surface area contributed by atoms with Crippen molar-refractivity contribution in [3.8, 4) is 0 Å². The molecule has 3 nitrogen and oxygen atoms in total. The van der Waals surface area contributed by atoms with Crippen LogP contribution >= 0.6 is 0 Å². The van der Waals surface area contributed by atoms with Gasteiger partial charge in [-0.3, -0.25) is 0 Å². The van der Waals surface area contributed by atoms with E-state index in [1.807, 2.05) is 17.0 Å². The van der Waals surface area contributed by atoms with Crippen molar-refractivity contribution < 1.29 is 4.79 Å². The van der Waals surface area contributed by atoms with Gasteiger partial charge in [0.2, 0.25) is 0 Å². The van der Waals surface area contributed by atoms with Crippen LogP contribution in [0.25, 0.3) is 0 Å². The molecule has 1 aliphatic rings. The van der Waals surface area contributed by atoms with Crippen LogP contribution in [-0.4, -0.2) is 24.0 Å². The molecular formula is C17H26N2O. The summed E-state index contributed by atoms with van der Waals surface area (Å²) in [5, 5.41) is 3.00. The van der Waals surface area contributed by atoms with Gasteiger partial charge >= 0.3 is 6.03 Å². The summed E-state index contributed by atoms with van der Waals surface area (Å²) in [6.45, 7) is 8.42. The number of hydrogen-bond acceptors (Lipinski definition) is 1. The van der Waals surface area contributed by atoms with E-state index >= 15 is 0 Å². The van der Waals surface area contributed by atoms with E-state index in [2.05, 4.69) is 38.2 Å². The van der Waals surface area contributed by atoms with Crippen LogP contribution in [0.1, 0.15) is 51.5 Å². The predicted molar refractivity (Wildman–Crippen MR) is 84.1 cm³/mol. The van der Waals surface area contributed by atoms with Crippen molar-refractivity contribution in [1.29, 1.82) is 0 Å². The Balaban J connectivity index is 1.91. The van der Waals surface area contributed by atoms with E-state index in [0.717, 1.165) is 44.0 Å². The van der Waals surface area contributed by atoms with Gasteiger partial charge in [-0.1, -0.05) is 32.9 Å². The van der Waals surface area contributed by atoms with Crippen LogP contribution < -0.4 is 5.32 Å². The molecular weight excluding hydrogens is 248 g/mol. The van der Waals surface area contributed by atoms with E-state index in [1.54, 1.807) is 0 Å². The number of urea groups is 1. The maximum absolute atomic E-state index is 12.2. The molecule has 0 spiro atoms. The number of hydrogen-bond donors (Lipinski definition) is 1. The van der Waals surface area contributed by atoms with Crippen LogP contribution in [0.5, 0.6) is 0 Å². The minimum atomic E-state index is 0.0354. The summed E-state index contributed by atoms with van der Waals surface area (Å²) in [6.07, 6.45) is 3.36. The zero-order chi connectivity index (χ0) is 14.5. The predicted octanol–water partition coefficient (Wildman–Crippen LogP) is 4.46. The second kappa shape index (κ2) is 6.78. The fourth-order valence-electron chi connectivity index (χ4n) is 2.54. The van der Waals surface area contributed by atoms with E-state index in [4.69, 9.17) is 0 Å². The number of benzene rings is 1. The number of likely N-dealkylation sites (tertiary alicyclic amines) is 1. The van der Waals surface area contributed by atoms with Crippen LogP contribution in [0.2, 0.25) is 0 Å². The summed E-state index contributed by atoms with van der Waals surface area (Å²) in [7, 11) is 0. The highest BCUT2D eigenvalue weighted by atomic mass is 16.2. The molecule has 1 aromatic carbocycles. The van der Waals surface area contributed by atoms with Crippen LogP contribution in [0.15, 0.2) is 24.3 Å². The maximum Gasteiger partial charge on any atom is 0.321 e. The zero-order valence-electron chi connectivity index (χ0n) is 12.9. The molecule has 3 heteroatoms. The quantitative estimate of drug-likeness (QED) is 0.867. The first-order chi connectivity index (χ1) is 9.60. The molecule has 1 unspecified atom stereocenters. The van der Waals surface area contributed by atoms with E-state index in [1.165, 1.54) is 5.56 Å². The third-order valence-corrected chi connectivity index (χ3v) is 4.41. The molecule has 20 heavy (non-hydrogen) atoms. The smallest absolute Gasteiger partial charge is 0.321 e. The van der Waals surface area contributed by atoms with E-state index < -0.39 is 0 Å². The van der Waals surface area contributed by atoms with E-state index in [0.29, 0.717) is 5.92 Å². The summed E-state index contributed by atoms with van der Waals surface area (Å²) in [5.41, 5.74) is 2.22. The first kappa shape index (κ1) is 14.9. The average Bonchev–Trinajstić information content (AvgIpc) is 2.48. The largest absolute Gasteiger partial charge is 0.325 e. The third-order valence-electron chi connectivity index (χ3n) is 4.41. The van der Waals surface area contributed by atoms with Crippen molar-refractivity contribution in [3.05, 3.63) is 29.8 Å². The molecule has 0 aromatic heterocycles. The fraction of sp³-hybridized carbons (Fsp3) is 0.588. The highest BCUT2D eigenvalue weighted by molar-refractivity contribution is 5.89. The van der Waals surface area contributed by atoms with Gasteiger partial charge < -0.3 is 10.2 Å². The number of nitrogens with one attached hydrogen (secondary N) is 1. The highest BCUT2D eigenvalue weighted by Crippen LogP contribution is 2.21. The second-order valence-corrected chi connectivity index (χ2v) is 6.03. The van der Waals surface area contributed by atoms with Crippen LogP contribution in [0, 0.1) is 5.92 Å². The van der Waals surface area contributed by atoms with Crippen molar-refractivity contribution in [3.63, 3.8) is 0 Å². The van der Waals surface area contributed by atoms with Crippen molar-refractivity contribution in [2.24, 2.45) is 5.92 Å². The molecule has 1 saturated heterocycles. The van der Waals surface area contributed by atoms with Gasteiger partial charge in [-0.2, -0.15) is 0 Å². The number of amides is 2. The lowest BCUT2D eigenvalue weighted by molar-refractivity contribution is 0.186. The number of piperidine rings is 1. The van der Waals surface area contributed by atoms with Gasteiger partial charge in [-0.05, 0) is 48.8 Å². The Hall–Kier alpha value is -1.51. The third kappa shape index (κ3) is 3.75. The molecule has 1 heterocycles. The minimum Gasteiger partial charge on any atom is -0.325 e. The van der Waals surface area contributed by atoms with Crippen LogP contribution in [0.4, 0.5) is 10.5 Å². The first-order valence-electron chi connectivity index (χ1n) is 7.76. The molecule has 1 aliphatic heterocycles. The molecule has 0 bridgehead atoms. The Morgan fingerprint density at radius 1 is 1.30 bits per heavy atom. The normalized spacial score (nSPS) is 17.9. The molecule has 2 rings (SSSR count). The summed E-state index contributed by atoms with van der Waals surface area (Å²) >= 11 is 0. The fourth-order valence-corrected chi connectivity index (χ4v) is 2.54. The molecule has 0 saturated carbocycles. The van der Waals surface area contributed by atoms with Gasteiger partial charge in [0.05, 0.1) is 0 Å². The molecule has 0 radical (unpaired) electrons. The first-order valence-corrected chi connectivity index (χ1v) is 7.76. The number of anilines is 1. The lowest BCUT2D eigenvalue weighted by Crippen LogP contribution is -2.40. The van der Waals surface area contributed by atoms with Crippen molar-refractivity contribution >= 4 is 11.7 Å². The Morgan fingerprint density at radius 2 is 1.90 bits per heavy atom. The number of carbonyl (C=O) groups is 1. The second-order valence-electron chi connectivity index (χ2n) is 6.03. The Labute approximate surface area is 122 Å². The van der Waals surface area contributed by atoms with Crippen molar-refractivity contribution in [1.82, 2.24) is 4.90 Å². The number of nitrogens with zero attached hydrogens (tertiary/aromatic N) is 1. The zero-order valence-corrected chi connectivity index (χ0v) is 12.9. The topological polar surface area (TPSA) is 32.3 Å². The van der Waals surface area contributed by atoms with E-state index in [-0.39, 0.29) is 6.03 Å². The number of rotatable bonds is 3. The van der Waals surface area contributed by atoms with Gasteiger partial charge in [0.15, 0.2) is 0 Å². The van der Waals surface area contributed by atoms with Gasteiger partial charge in [0.1, 0.15) is 0 Å². The summed E-state index contributed by atoms with van der Waals surface area (Å²) in [6, 6.07) is 8.27. The molecule has 1 aromatic rings. The monoisotopic (exact) mass is 274 g/mol. The highest BCUT2D eigenvalue weighted by Gasteiger charge is 2.20. The SMILES string of the molecule is CCC(C)c1ccc(NC(=O)N2CCC(C)CC2)cc1. The molecule has 0 aliphatic carbocycles. The number of carbonyl (C=O) groups excluding carboxylic acids is 1. The minimum absolute atomic E-state index is 0.0354. The molecule has 1 fully saturated rings. The Morgan fingerprint density at radius 3 is 2.45 bits per heavy atom. The standard InChI is InChI=1S/C17H26N2O/c1-4-14(3)15-5-7-16(8-6-15)18-17(20)19-11-9-13(2)10-12-19/h5-8,13-14H,4,9-12H2,1-3H3,(H,18,20). The summed E-state index contributed by atoms with van der Waals surface area (Å²) in [5.74, 6) is 1.32. The van der Waals surface area contributed by atoms with Crippen LogP contribution in [0.3, 0.4) is 0 Å². The van der Waals surface area contributed by atoms with Crippen LogP contribution in [-0.2, 0) is 0 Å². The van der Waals surface area contributed by atoms with Gasteiger partial charge in [-0.15, -0.1) is 0 Å². The van der Waals surface area contributed by atoms with Crippen molar-refractivity contribution in [2.45, 2.75) is 46.0 Å². The summed E-state index contributed by atoms with van der Waals surface area (Å²) < 4.78 is 0. The van der Waals surface area contributed by atoms with Gasteiger partial charge in [0.25, 0.3) is 0 Å². The van der Waals surface area contributed by atoms with Crippen molar-refractivity contribution in [2.75, 3.05) is 18.4 Å². The summed E-state index contributed by atoms with van der Waals surface area (Å²) in [4.78, 5) is 14.1. The molecule has 110 valence electrons. The van der Waals surface area contributed by atoms with E-state index in [9.17, 15) is 4.79 Å². The lowest BCUT2D eigenvalue weighted by atomic mass is 9.98. The molecule has 1 atom stereocenters. The lowest BCUT2D eigenvalue weighted by Gasteiger charge is -2.30. The molecule has 1 N–H and O–H groups in total. The van der Waals surface area contributed by atoms with Gasteiger partial charge in [-0.25, -0.2) is 4.79 Å². The van der Waals surface area contributed by atoms with Gasteiger partial charge in [0, 0.05) is 18.8 Å². The average molecular weight is 274 g/mol. The Bertz CT molecular complexity index is 433. The Kier molecular flexibility index (Phi) is 5.05. The molecule has 2 amide bonds. The maximum atomic E-state index is 12.2.